The van der Waals surface area contributed by atoms with E-state index in [0.717, 1.165) is 61.3 Å². The van der Waals surface area contributed by atoms with Crippen molar-refractivity contribution in [3.63, 3.8) is 0 Å². The summed E-state index contributed by atoms with van der Waals surface area (Å²) in [6.07, 6.45) is -2.02. The van der Waals surface area contributed by atoms with Gasteiger partial charge in [-0.1, -0.05) is 6.92 Å². The number of nitrogens with zero attached hydrogens (tertiary/aromatic N) is 4. The van der Waals surface area contributed by atoms with Gasteiger partial charge in [0.2, 0.25) is 5.95 Å². The number of anilines is 3. The minimum atomic E-state index is -4.74. The first kappa shape index (κ1) is 30.3. The first-order valence-electron chi connectivity index (χ1n) is 14.4. The highest BCUT2D eigenvalue weighted by atomic mass is 32.2. The van der Waals surface area contributed by atoms with Crippen LogP contribution in [0.1, 0.15) is 48.8 Å². The number of alkyl halides is 3. The Labute approximate surface area is 252 Å². The highest BCUT2D eigenvalue weighted by Gasteiger charge is 2.43. The van der Waals surface area contributed by atoms with Crippen LogP contribution in [-0.4, -0.2) is 79.1 Å². The highest BCUT2D eigenvalue weighted by molar-refractivity contribution is 7.91. The van der Waals surface area contributed by atoms with Gasteiger partial charge in [-0.2, -0.15) is 13.2 Å². The van der Waals surface area contributed by atoms with Crippen molar-refractivity contribution < 1.29 is 31.4 Å². The molecule has 43 heavy (non-hydrogen) atoms. The molecular formula is C29H34F3N5O4S2. The number of sulfone groups is 1. The fraction of sp³-hybridized carbons (Fsp3) is 0.517. The molecule has 0 unspecified atom stereocenters. The van der Waals surface area contributed by atoms with Crippen LogP contribution in [0, 0.1) is 0 Å². The summed E-state index contributed by atoms with van der Waals surface area (Å²) in [7, 11) is -3.71. The van der Waals surface area contributed by atoms with Gasteiger partial charge >= 0.3 is 6.18 Å². The average Bonchev–Trinajstić information content (AvgIpc) is 3.69. The molecule has 0 aliphatic carbocycles. The number of aliphatic hydroxyl groups excluding tert-OH is 1. The maximum absolute atomic E-state index is 14.1. The maximum Gasteiger partial charge on any atom is 0.420 e. The van der Waals surface area contributed by atoms with Crippen molar-refractivity contribution in [2.45, 2.75) is 62.4 Å². The lowest BCUT2D eigenvalue weighted by atomic mass is 10.1. The average molecular weight is 638 g/mol. The molecule has 3 atom stereocenters. The topological polar surface area (TPSA) is 108 Å². The van der Waals surface area contributed by atoms with E-state index in [9.17, 15) is 26.7 Å². The molecule has 232 valence electrons. The molecule has 2 saturated heterocycles. The van der Waals surface area contributed by atoms with Crippen molar-refractivity contribution in [3.8, 4) is 10.6 Å². The Morgan fingerprint density at radius 3 is 2.72 bits per heavy atom. The van der Waals surface area contributed by atoms with Crippen molar-refractivity contribution in [1.29, 1.82) is 0 Å². The number of aliphatic hydroxyl groups is 1. The summed E-state index contributed by atoms with van der Waals surface area (Å²) in [5.74, 6) is -0.249. The van der Waals surface area contributed by atoms with Gasteiger partial charge in [0, 0.05) is 55.9 Å². The minimum Gasteiger partial charge on any atom is -0.396 e. The van der Waals surface area contributed by atoms with Crippen LogP contribution >= 0.6 is 11.3 Å². The number of nitrogens with one attached hydrogen (secondary N) is 1. The number of ether oxygens (including phenoxy) is 1. The zero-order chi connectivity index (χ0) is 30.5. The number of aryl methyl sites for hydroxylation is 1. The molecule has 2 fully saturated rings. The lowest BCUT2D eigenvalue weighted by Crippen LogP contribution is -2.46. The molecule has 3 aliphatic rings. The summed E-state index contributed by atoms with van der Waals surface area (Å²) >= 11 is 0.948. The fourth-order valence-electron chi connectivity index (χ4n) is 6.30. The van der Waals surface area contributed by atoms with Crippen molar-refractivity contribution in [2.75, 3.05) is 48.8 Å². The number of rotatable bonds is 8. The standard InChI is InChI=1S/C29H34F3N5O4S2/c1-3-18-11-19(37-16-20-12-21(37)15-36(20)7-4-8-38)5-6-23(18)34-28-33-14-22(29(30,31)32)26(35-28)24-13-25-27(42-24)17(2)41-9-10-43(25,39)40/h5-6,11,13-14,17,20-21,38H,3-4,7-10,12,15-16H2,1-2H3,(H,33,34,35)/t17-,20-,21-/m1/s1. The second-order valence-corrected chi connectivity index (χ2v) is 14.4. The van der Waals surface area contributed by atoms with Crippen LogP contribution in [0.2, 0.25) is 0 Å². The molecule has 0 spiro atoms. The predicted octanol–water partition coefficient (Wildman–Crippen LogP) is 5.04. The summed E-state index contributed by atoms with van der Waals surface area (Å²) < 4.78 is 73.4. The number of aromatic nitrogens is 2. The van der Waals surface area contributed by atoms with Crippen molar-refractivity contribution in [1.82, 2.24) is 14.9 Å². The number of fused-ring (bicyclic) bond motifs is 3. The minimum absolute atomic E-state index is 0.00487. The smallest absolute Gasteiger partial charge is 0.396 e. The quantitative estimate of drug-likeness (QED) is 0.351. The normalized spacial score (nSPS) is 23.4. The number of hydrogen-bond acceptors (Lipinski definition) is 10. The van der Waals surface area contributed by atoms with E-state index in [0.29, 0.717) is 29.1 Å². The molecule has 3 aromatic rings. The third-order valence-electron chi connectivity index (χ3n) is 8.48. The Kier molecular flexibility index (Phi) is 8.18. The largest absolute Gasteiger partial charge is 0.420 e. The number of thiophene rings is 1. The van der Waals surface area contributed by atoms with Gasteiger partial charge in [-0.25, -0.2) is 18.4 Å². The van der Waals surface area contributed by atoms with E-state index < -0.39 is 27.7 Å². The van der Waals surface area contributed by atoms with E-state index in [2.05, 4.69) is 31.2 Å². The summed E-state index contributed by atoms with van der Waals surface area (Å²) in [5, 5.41) is 12.3. The molecule has 2 bridgehead atoms. The zero-order valence-electron chi connectivity index (χ0n) is 23.9. The molecule has 2 aromatic heterocycles. The van der Waals surface area contributed by atoms with Crippen LogP contribution in [0.3, 0.4) is 0 Å². The van der Waals surface area contributed by atoms with E-state index in [1.807, 2.05) is 19.1 Å². The number of hydrogen-bond donors (Lipinski definition) is 2. The van der Waals surface area contributed by atoms with Crippen LogP contribution in [0.5, 0.6) is 0 Å². The van der Waals surface area contributed by atoms with Gasteiger partial charge in [0.25, 0.3) is 0 Å². The number of likely N-dealkylation sites (tertiary alicyclic amines) is 1. The third kappa shape index (κ3) is 5.87. The van der Waals surface area contributed by atoms with E-state index >= 15 is 0 Å². The van der Waals surface area contributed by atoms with Crippen LogP contribution in [0.4, 0.5) is 30.5 Å². The number of halogens is 3. The first-order chi connectivity index (χ1) is 20.5. The molecule has 0 amide bonds. The van der Waals surface area contributed by atoms with Gasteiger partial charge in [0.1, 0.15) is 5.56 Å². The molecule has 6 rings (SSSR count). The van der Waals surface area contributed by atoms with E-state index in [-0.39, 0.29) is 40.4 Å². The SMILES string of the molecule is CCc1cc(N2C[C@H]3C[C@@H]2CN3CCCO)ccc1Nc1ncc(C(F)(F)F)c(-c2cc3c(s2)[C@@H](C)OCCS3(=O)=O)n1. The summed E-state index contributed by atoms with van der Waals surface area (Å²) in [4.78, 5) is 13.6. The number of benzene rings is 1. The third-order valence-corrected chi connectivity index (χ3v) is 11.6. The zero-order valence-corrected chi connectivity index (χ0v) is 25.5. The monoisotopic (exact) mass is 637 g/mol. The predicted molar refractivity (Wildman–Crippen MR) is 159 cm³/mol. The molecule has 3 aliphatic heterocycles. The molecule has 9 nitrogen and oxygen atoms in total. The lowest BCUT2D eigenvalue weighted by molar-refractivity contribution is -0.137. The summed E-state index contributed by atoms with van der Waals surface area (Å²) in [6, 6.07) is 8.18. The van der Waals surface area contributed by atoms with Crippen LogP contribution in [0.15, 0.2) is 35.4 Å². The maximum atomic E-state index is 14.1. The van der Waals surface area contributed by atoms with Gasteiger partial charge in [-0.15, -0.1) is 11.3 Å². The van der Waals surface area contributed by atoms with E-state index in [1.54, 1.807) is 6.92 Å². The van der Waals surface area contributed by atoms with Crippen molar-refractivity contribution in [2.24, 2.45) is 0 Å². The van der Waals surface area contributed by atoms with Gasteiger partial charge in [0.15, 0.2) is 9.84 Å². The Morgan fingerprint density at radius 2 is 2.02 bits per heavy atom. The Hall–Kier alpha value is -2.78. The Balaban J connectivity index is 1.29. The second kappa shape index (κ2) is 11.6. The van der Waals surface area contributed by atoms with Crippen LogP contribution in [-0.2, 0) is 27.2 Å². The molecule has 14 heteroatoms. The van der Waals surface area contributed by atoms with Gasteiger partial charge in [0.05, 0.1) is 38.8 Å². The van der Waals surface area contributed by atoms with E-state index in [4.69, 9.17) is 4.74 Å². The lowest BCUT2D eigenvalue weighted by Gasteiger charge is -2.36. The first-order valence-corrected chi connectivity index (χ1v) is 16.9. The van der Waals surface area contributed by atoms with Gasteiger partial charge in [-0.05, 0) is 56.0 Å². The Bertz CT molecular complexity index is 1610. The van der Waals surface area contributed by atoms with Crippen molar-refractivity contribution >= 4 is 38.5 Å². The molecule has 5 heterocycles. The molecule has 2 N–H and O–H groups in total. The van der Waals surface area contributed by atoms with Crippen LogP contribution in [0.25, 0.3) is 10.6 Å². The highest BCUT2D eigenvalue weighted by Crippen LogP contribution is 2.44. The number of piperazine rings is 1. The summed E-state index contributed by atoms with van der Waals surface area (Å²) in [5.41, 5.74) is 1.35. The van der Waals surface area contributed by atoms with Crippen LogP contribution < -0.4 is 10.2 Å². The molecule has 1 aromatic carbocycles. The second-order valence-electron chi connectivity index (χ2n) is 11.2. The molecular weight excluding hydrogens is 603 g/mol. The van der Waals surface area contributed by atoms with Crippen molar-refractivity contribution in [3.05, 3.63) is 46.5 Å². The van der Waals surface area contributed by atoms with Gasteiger partial charge in [-0.3, -0.25) is 4.90 Å². The summed E-state index contributed by atoms with van der Waals surface area (Å²) in [6.45, 7) is 6.71. The Morgan fingerprint density at radius 1 is 1.21 bits per heavy atom. The molecule has 0 saturated carbocycles. The molecule has 0 radical (unpaired) electrons. The fourth-order valence-corrected chi connectivity index (χ4v) is 9.24. The van der Waals surface area contributed by atoms with E-state index in [1.165, 1.54) is 6.07 Å². The van der Waals surface area contributed by atoms with Gasteiger partial charge < -0.3 is 20.1 Å².